The molecular formula is C18H15F6N3O2. The quantitative estimate of drug-likeness (QED) is 0.495. The normalized spacial score (nSPS) is 11.1. The second-order valence-electron chi connectivity index (χ2n) is 5.83. The number of hydrogen-bond donors (Lipinski definition) is 3. The van der Waals surface area contributed by atoms with Crippen LogP contribution in [-0.2, 0) is 17.4 Å². The second-order valence-corrected chi connectivity index (χ2v) is 5.83. The highest BCUT2D eigenvalue weighted by Crippen LogP contribution is 2.29. The molecule has 0 aromatic heterocycles. The number of anilines is 1. The van der Waals surface area contributed by atoms with Gasteiger partial charge in [-0.2, -0.15) is 13.2 Å². The molecule has 2 aromatic rings. The van der Waals surface area contributed by atoms with Gasteiger partial charge in [0.25, 0.3) is 0 Å². The van der Waals surface area contributed by atoms with E-state index in [0.717, 1.165) is 18.2 Å². The molecule has 0 saturated heterocycles. The smallest absolute Gasteiger partial charge is 0.338 e. The molecule has 0 radical (unpaired) electrons. The lowest BCUT2D eigenvalue weighted by Crippen LogP contribution is -2.40. The fraction of sp³-hybridized carbons (Fsp3) is 0.222. The molecule has 156 valence electrons. The van der Waals surface area contributed by atoms with Gasteiger partial charge in [0.2, 0.25) is 5.91 Å². The Morgan fingerprint density at radius 1 is 0.862 bits per heavy atom. The molecule has 11 heteroatoms. The first-order valence-corrected chi connectivity index (χ1v) is 8.19. The summed E-state index contributed by atoms with van der Waals surface area (Å²) in [6, 6.07) is 5.13. The third kappa shape index (κ3) is 6.40. The average Bonchev–Trinajstić information content (AvgIpc) is 2.66. The Bertz CT molecular complexity index is 884. The molecular weight excluding hydrogens is 404 g/mol. The van der Waals surface area contributed by atoms with Crippen LogP contribution in [0.5, 0.6) is 0 Å². The van der Waals surface area contributed by atoms with E-state index in [4.69, 9.17) is 0 Å². The van der Waals surface area contributed by atoms with Crippen molar-refractivity contribution >= 4 is 17.6 Å². The maximum atomic E-state index is 13.4. The maximum Gasteiger partial charge on any atom is 0.416 e. The largest absolute Gasteiger partial charge is 0.416 e. The van der Waals surface area contributed by atoms with E-state index >= 15 is 0 Å². The highest BCUT2D eigenvalue weighted by molar-refractivity contribution is 5.94. The van der Waals surface area contributed by atoms with E-state index in [1.807, 2.05) is 5.32 Å². The summed E-state index contributed by atoms with van der Waals surface area (Å²) in [6.45, 7) is -0.499. The van der Waals surface area contributed by atoms with Crippen molar-refractivity contribution in [3.05, 3.63) is 65.0 Å². The fourth-order valence-corrected chi connectivity index (χ4v) is 2.22. The first-order valence-electron chi connectivity index (χ1n) is 8.19. The van der Waals surface area contributed by atoms with Crippen LogP contribution >= 0.6 is 0 Å². The highest BCUT2D eigenvalue weighted by atomic mass is 19.4. The Hall–Kier alpha value is -3.24. The van der Waals surface area contributed by atoms with E-state index in [1.165, 1.54) is 12.1 Å². The second kappa shape index (κ2) is 9.30. The summed E-state index contributed by atoms with van der Waals surface area (Å²) < 4.78 is 76.8. The number of rotatable bonds is 6. The topological polar surface area (TPSA) is 70.2 Å². The number of alkyl halides is 3. The summed E-state index contributed by atoms with van der Waals surface area (Å²) in [7, 11) is 0. The summed E-state index contributed by atoms with van der Waals surface area (Å²) in [6.07, 6.45) is -4.18. The minimum Gasteiger partial charge on any atom is -0.338 e. The lowest BCUT2D eigenvalue weighted by molar-refractivity contribution is -0.137. The molecule has 29 heavy (non-hydrogen) atoms. The minimum atomic E-state index is -4.43. The van der Waals surface area contributed by atoms with E-state index in [9.17, 15) is 35.9 Å². The van der Waals surface area contributed by atoms with Crippen molar-refractivity contribution < 1.29 is 35.9 Å². The SMILES string of the molecule is O=C(CNC(=O)NCCc1ccc(C(F)(F)F)cc1)Nc1ccc(F)c(F)c1F. The zero-order valence-electron chi connectivity index (χ0n) is 14.7. The van der Waals surface area contributed by atoms with Crippen molar-refractivity contribution in [3.63, 3.8) is 0 Å². The molecule has 0 atom stereocenters. The predicted octanol–water partition coefficient (Wildman–Crippen LogP) is 3.60. The molecule has 0 saturated carbocycles. The van der Waals surface area contributed by atoms with Crippen molar-refractivity contribution in [2.75, 3.05) is 18.4 Å². The molecule has 0 unspecified atom stereocenters. The van der Waals surface area contributed by atoms with Crippen molar-refractivity contribution in [2.24, 2.45) is 0 Å². The Labute approximate surface area is 161 Å². The van der Waals surface area contributed by atoms with Crippen molar-refractivity contribution in [2.45, 2.75) is 12.6 Å². The van der Waals surface area contributed by atoms with Crippen molar-refractivity contribution in [1.82, 2.24) is 10.6 Å². The van der Waals surface area contributed by atoms with Crippen LogP contribution in [0, 0.1) is 17.5 Å². The summed E-state index contributed by atoms with van der Waals surface area (Å²) in [5, 5.41) is 6.53. The maximum absolute atomic E-state index is 13.4. The summed E-state index contributed by atoms with van der Waals surface area (Å²) in [4.78, 5) is 23.3. The van der Waals surface area contributed by atoms with Crippen LogP contribution in [-0.4, -0.2) is 25.0 Å². The van der Waals surface area contributed by atoms with Gasteiger partial charge < -0.3 is 16.0 Å². The van der Waals surface area contributed by atoms with Crippen LogP contribution in [0.2, 0.25) is 0 Å². The number of nitrogens with one attached hydrogen (secondary N) is 3. The molecule has 0 fully saturated rings. The molecule has 2 aromatic carbocycles. The number of halogens is 6. The first-order chi connectivity index (χ1) is 13.6. The number of carbonyl (C=O) groups is 2. The first kappa shape index (κ1) is 22.1. The molecule has 3 amide bonds. The molecule has 0 aliphatic heterocycles. The summed E-state index contributed by atoms with van der Waals surface area (Å²) >= 11 is 0. The van der Waals surface area contributed by atoms with Gasteiger partial charge in [-0.1, -0.05) is 12.1 Å². The number of carbonyl (C=O) groups excluding carboxylic acids is 2. The summed E-state index contributed by atoms with van der Waals surface area (Å²) in [5.74, 6) is -5.60. The van der Waals surface area contributed by atoms with Crippen LogP contribution in [0.15, 0.2) is 36.4 Å². The number of amides is 3. The van der Waals surface area contributed by atoms with Gasteiger partial charge in [0.05, 0.1) is 17.8 Å². The fourth-order valence-electron chi connectivity index (χ4n) is 2.22. The molecule has 3 N–H and O–H groups in total. The van der Waals surface area contributed by atoms with Gasteiger partial charge in [-0.25, -0.2) is 18.0 Å². The Balaban J connectivity index is 1.73. The van der Waals surface area contributed by atoms with Gasteiger partial charge >= 0.3 is 12.2 Å². The number of urea groups is 1. The zero-order valence-corrected chi connectivity index (χ0v) is 14.7. The van der Waals surface area contributed by atoms with Gasteiger partial charge in [-0.05, 0) is 36.2 Å². The summed E-state index contributed by atoms with van der Waals surface area (Å²) in [5.41, 5.74) is -0.807. The molecule has 0 spiro atoms. The van der Waals surface area contributed by atoms with E-state index in [1.54, 1.807) is 0 Å². The van der Waals surface area contributed by atoms with Crippen molar-refractivity contribution in [3.8, 4) is 0 Å². The lowest BCUT2D eigenvalue weighted by atomic mass is 10.1. The number of hydrogen-bond acceptors (Lipinski definition) is 2. The van der Waals surface area contributed by atoms with Crippen LogP contribution in [0.1, 0.15) is 11.1 Å². The Morgan fingerprint density at radius 3 is 2.14 bits per heavy atom. The Morgan fingerprint density at radius 2 is 1.52 bits per heavy atom. The molecule has 5 nitrogen and oxygen atoms in total. The van der Waals surface area contributed by atoms with E-state index in [2.05, 4.69) is 10.6 Å². The molecule has 0 heterocycles. The zero-order chi connectivity index (χ0) is 21.6. The number of benzene rings is 2. The van der Waals surface area contributed by atoms with Gasteiger partial charge in [0.15, 0.2) is 17.5 Å². The standard InChI is InChI=1S/C18H15F6N3O2/c19-12-5-6-13(16(21)15(12)20)27-14(28)9-26-17(29)25-8-7-10-1-3-11(4-2-10)18(22,23)24/h1-6H,7-9H2,(H,27,28)(H2,25,26,29). The molecule has 0 aliphatic rings. The Kier molecular flexibility index (Phi) is 7.08. The van der Waals surface area contributed by atoms with Crippen LogP contribution in [0.25, 0.3) is 0 Å². The molecule has 2 rings (SSSR count). The lowest BCUT2D eigenvalue weighted by Gasteiger charge is -2.10. The molecule has 0 bridgehead atoms. The third-order valence-electron chi connectivity index (χ3n) is 3.70. The monoisotopic (exact) mass is 419 g/mol. The van der Waals surface area contributed by atoms with Crippen molar-refractivity contribution in [1.29, 1.82) is 0 Å². The van der Waals surface area contributed by atoms with E-state index in [0.29, 0.717) is 11.6 Å². The van der Waals surface area contributed by atoms with E-state index < -0.39 is 53.4 Å². The van der Waals surface area contributed by atoms with Gasteiger partial charge in [-0.3, -0.25) is 4.79 Å². The van der Waals surface area contributed by atoms with Crippen LogP contribution < -0.4 is 16.0 Å². The minimum absolute atomic E-state index is 0.0800. The predicted molar refractivity (Wildman–Crippen MR) is 91.5 cm³/mol. The van der Waals surface area contributed by atoms with Crippen LogP contribution in [0.4, 0.5) is 36.8 Å². The van der Waals surface area contributed by atoms with Gasteiger partial charge in [0.1, 0.15) is 0 Å². The molecule has 0 aliphatic carbocycles. The average molecular weight is 419 g/mol. The third-order valence-corrected chi connectivity index (χ3v) is 3.70. The van der Waals surface area contributed by atoms with Gasteiger partial charge in [0, 0.05) is 6.54 Å². The highest BCUT2D eigenvalue weighted by Gasteiger charge is 2.29. The van der Waals surface area contributed by atoms with E-state index in [-0.39, 0.29) is 13.0 Å². The van der Waals surface area contributed by atoms with Gasteiger partial charge in [-0.15, -0.1) is 0 Å². The van der Waals surface area contributed by atoms with Crippen LogP contribution in [0.3, 0.4) is 0 Å².